The highest BCUT2D eigenvalue weighted by atomic mass is 35.5. The fourth-order valence-corrected chi connectivity index (χ4v) is 2.38. The number of halogens is 1. The van der Waals surface area contributed by atoms with Gasteiger partial charge in [0.15, 0.2) is 5.65 Å². The summed E-state index contributed by atoms with van der Waals surface area (Å²) in [6.45, 7) is 3.94. The minimum absolute atomic E-state index is 0. The Hall–Kier alpha value is -2.25. The number of nitrogen functional groups attached to an aromatic ring is 1. The Kier molecular flexibility index (Phi) is 3.09. The van der Waals surface area contributed by atoms with Crippen LogP contribution in [0.2, 0.25) is 0 Å². The lowest BCUT2D eigenvalue weighted by Gasteiger charge is -2.05. The van der Waals surface area contributed by atoms with E-state index < -0.39 is 0 Å². The molecule has 0 bridgehead atoms. The van der Waals surface area contributed by atoms with Gasteiger partial charge in [-0.25, -0.2) is 4.98 Å². The van der Waals surface area contributed by atoms with Crippen LogP contribution in [-0.4, -0.2) is 9.38 Å². The summed E-state index contributed by atoms with van der Waals surface area (Å²) in [5.41, 5.74) is 11.6. The van der Waals surface area contributed by atoms with Gasteiger partial charge < -0.3 is 5.73 Å². The van der Waals surface area contributed by atoms with E-state index in [1.165, 1.54) is 0 Å². The summed E-state index contributed by atoms with van der Waals surface area (Å²) < 4.78 is 1.98. The molecule has 0 fully saturated rings. The van der Waals surface area contributed by atoms with Gasteiger partial charge in [0.2, 0.25) is 0 Å². The summed E-state index contributed by atoms with van der Waals surface area (Å²) in [6.07, 6.45) is 0. The van der Waals surface area contributed by atoms with E-state index in [2.05, 4.69) is 11.1 Å². The van der Waals surface area contributed by atoms with E-state index in [4.69, 9.17) is 5.73 Å². The van der Waals surface area contributed by atoms with Gasteiger partial charge in [0.25, 0.3) is 0 Å². The number of aryl methyl sites for hydroxylation is 2. The van der Waals surface area contributed by atoms with Crippen LogP contribution in [-0.2, 0) is 0 Å². The molecule has 3 aromatic rings. The number of hydrogen-bond acceptors (Lipinski definition) is 3. The van der Waals surface area contributed by atoms with E-state index in [-0.39, 0.29) is 12.4 Å². The number of aromatic nitrogens is 2. The molecule has 2 N–H and O–H groups in total. The van der Waals surface area contributed by atoms with Crippen LogP contribution in [0.3, 0.4) is 0 Å². The molecule has 1 aromatic carbocycles. The molecule has 4 nitrogen and oxygen atoms in total. The lowest BCUT2D eigenvalue weighted by molar-refractivity contribution is 1.10. The molecular weight excluding hydrogens is 260 g/mol. The normalized spacial score (nSPS) is 10.4. The van der Waals surface area contributed by atoms with E-state index in [1.807, 2.05) is 42.5 Å². The molecule has 0 radical (unpaired) electrons. The average molecular weight is 273 g/mol. The second-order valence-corrected chi connectivity index (χ2v) is 4.47. The topological polar surface area (TPSA) is 67.1 Å². The first kappa shape index (κ1) is 13.2. The first-order chi connectivity index (χ1) is 8.61. The molecule has 19 heavy (non-hydrogen) atoms. The molecule has 96 valence electrons. The third-order valence-corrected chi connectivity index (χ3v) is 3.19. The Labute approximate surface area is 116 Å². The van der Waals surface area contributed by atoms with Gasteiger partial charge in [-0.2, -0.15) is 5.26 Å². The van der Waals surface area contributed by atoms with Crippen LogP contribution in [0, 0.1) is 25.2 Å². The summed E-state index contributed by atoms with van der Waals surface area (Å²) in [5, 5.41) is 9.26. The maximum Gasteiger partial charge on any atom is 0.156 e. The molecule has 0 amide bonds. The van der Waals surface area contributed by atoms with Gasteiger partial charge in [0, 0.05) is 11.4 Å². The van der Waals surface area contributed by atoms with E-state index in [9.17, 15) is 5.26 Å². The van der Waals surface area contributed by atoms with Crippen molar-refractivity contribution in [2.75, 3.05) is 5.73 Å². The standard InChI is InChI=1S/C14H12N4.ClH/c1-8-5-9(2)18-13-6-10(16)3-4-12(13)17-14(18)11(8)7-15;/h3-6H,16H2,1-2H3;1H. The molecule has 2 heterocycles. The van der Waals surface area contributed by atoms with Gasteiger partial charge in [-0.05, 0) is 43.7 Å². The lowest BCUT2D eigenvalue weighted by atomic mass is 10.1. The van der Waals surface area contributed by atoms with Crippen molar-refractivity contribution in [1.82, 2.24) is 9.38 Å². The first-order valence-corrected chi connectivity index (χ1v) is 5.70. The molecule has 0 unspecified atom stereocenters. The van der Waals surface area contributed by atoms with Crippen molar-refractivity contribution in [2.24, 2.45) is 0 Å². The monoisotopic (exact) mass is 272 g/mol. The average Bonchev–Trinajstić information content (AvgIpc) is 2.68. The zero-order valence-corrected chi connectivity index (χ0v) is 11.5. The molecule has 5 heteroatoms. The SMILES string of the molecule is Cc1cc(C)n2c(nc3ccc(N)cc32)c1C#N.Cl. The summed E-state index contributed by atoms with van der Waals surface area (Å²) >= 11 is 0. The smallest absolute Gasteiger partial charge is 0.156 e. The zero-order valence-electron chi connectivity index (χ0n) is 10.6. The number of hydrogen-bond donors (Lipinski definition) is 1. The van der Waals surface area contributed by atoms with E-state index in [0.29, 0.717) is 16.9 Å². The Bertz CT molecular complexity index is 827. The summed E-state index contributed by atoms with van der Waals surface area (Å²) in [4.78, 5) is 4.53. The maximum absolute atomic E-state index is 9.26. The van der Waals surface area contributed by atoms with Crippen LogP contribution in [0.1, 0.15) is 16.8 Å². The van der Waals surface area contributed by atoms with Gasteiger partial charge in [0.05, 0.1) is 16.6 Å². The van der Waals surface area contributed by atoms with Crippen molar-refractivity contribution in [3.63, 3.8) is 0 Å². The molecule has 0 aliphatic rings. The van der Waals surface area contributed by atoms with Crippen molar-refractivity contribution in [2.45, 2.75) is 13.8 Å². The fourth-order valence-electron chi connectivity index (χ4n) is 2.38. The minimum Gasteiger partial charge on any atom is -0.399 e. The molecule has 2 aromatic heterocycles. The van der Waals surface area contributed by atoms with Crippen LogP contribution in [0.15, 0.2) is 24.3 Å². The second-order valence-electron chi connectivity index (χ2n) is 4.47. The van der Waals surface area contributed by atoms with Gasteiger partial charge >= 0.3 is 0 Å². The molecular formula is C14H13ClN4. The van der Waals surface area contributed by atoms with Crippen molar-refractivity contribution in [3.05, 3.63) is 41.1 Å². The summed E-state index contributed by atoms with van der Waals surface area (Å²) in [7, 11) is 0. The summed E-state index contributed by atoms with van der Waals surface area (Å²) in [6, 6.07) is 9.82. The molecule has 0 aliphatic heterocycles. The third kappa shape index (κ3) is 1.79. The van der Waals surface area contributed by atoms with Gasteiger partial charge in [-0.15, -0.1) is 12.4 Å². The Balaban J connectivity index is 0.00000133. The van der Waals surface area contributed by atoms with Crippen LogP contribution in [0.25, 0.3) is 16.7 Å². The van der Waals surface area contributed by atoms with E-state index in [1.54, 1.807) is 0 Å². The highest BCUT2D eigenvalue weighted by Gasteiger charge is 2.13. The Morgan fingerprint density at radius 2 is 2.00 bits per heavy atom. The lowest BCUT2D eigenvalue weighted by Crippen LogP contribution is -1.97. The zero-order chi connectivity index (χ0) is 12.9. The number of nitrogens with zero attached hydrogens (tertiary/aromatic N) is 3. The number of pyridine rings is 1. The number of rotatable bonds is 0. The third-order valence-electron chi connectivity index (χ3n) is 3.19. The number of benzene rings is 1. The molecule has 0 atom stereocenters. The maximum atomic E-state index is 9.26. The van der Waals surface area contributed by atoms with Gasteiger partial charge in [-0.1, -0.05) is 0 Å². The molecule has 0 spiro atoms. The summed E-state index contributed by atoms with van der Waals surface area (Å²) in [5.74, 6) is 0. The highest BCUT2D eigenvalue weighted by molar-refractivity contribution is 5.86. The van der Waals surface area contributed by atoms with Crippen molar-refractivity contribution < 1.29 is 0 Å². The van der Waals surface area contributed by atoms with Gasteiger partial charge in [-0.3, -0.25) is 4.40 Å². The van der Waals surface area contributed by atoms with Crippen LogP contribution < -0.4 is 5.73 Å². The second kappa shape index (κ2) is 4.45. The predicted molar refractivity (Wildman–Crippen MR) is 78.5 cm³/mol. The molecule has 0 saturated carbocycles. The molecule has 3 rings (SSSR count). The highest BCUT2D eigenvalue weighted by Crippen LogP contribution is 2.24. The van der Waals surface area contributed by atoms with E-state index >= 15 is 0 Å². The van der Waals surface area contributed by atoms with Crippen LogP contribution in [0.5, 0.6) is 0 Å². The quantitative estimate of drug-likeness (QED) is 0.640. The molecule has 0 saturated heterocycles. The van der Waals surface area contributed by atoms with Crippen LogP contribution in [0.4, 0.5) is 5.69 Å². The van der Waals surface area contributed by atoms with E-state index in [0.717, 1.165) is 22.3 Å². The first-order valence-electron chi connectivity index (χ1n) is 5.70. The number of fused-ring (bicyclic) bond motifs is 3. The number of anilines is 1. The fraction of sp³-hybridized carbons (Fsp3) is 0.143. The number of nitrogens with two attached hydrogens (primary N) is 1. The molecule has 0 aliphatic carbocycles. The number of nitriles is 1. The largest absolute Gasteiger partial charge is 0.399 e. The Morgan fingerprint density at radius 3 is 2.68 bits per heavy atom. The van der Waals surface area contributed by atoms with Gasteiger partial charge in [0.1, 0.15) is 6.07 Å². The predicted octanol–water partition coefficient (Wildman–Crippen LogP) is 2.98. The van der Waals surface area contributed by atoms with Crippen molar-refractivity contribution in [1.29, 1.82) is 5.26 Å². The van der Waals surface area contributed by atoms with Crippen LogP contribution >= 0.6 is 12.4 Å². The number of imidazole rings is 1. The minimum atomic E-state index is 0. The Morgan fingerprint density at radius 1 is 1.26 bits per heavy atom. The van der Waals surface area contributed by atoms with Crippen molar-refractivity contribution in [3.8, 4) is 6.07 Å². The van der Waals surface area contributed by atoms with Crippen molar-refractivity contribution >= 4 is 34.8 Å².